The van der Waals surface area contributed by atoms with Crippen LogP contribution in [0.25, 0.3) is 0 Å². The van der Waals surface area contributed by atoms with E-state index in [-0.39, 0.29) is 0 Å². The van der Waals surface area contributed by atoms with Gasteiger partial charge in [-0.2, -0.15) is 21.6 Å². The van der Waals surface area contributed by atoms with E-state index >= 15 is 0 Å². The van der Waals surface area contributed by atoms with E-state index in [0.29, 0.717) is 0 Å². The van der Waals surface area contributed by atoms with Gasteiger partial charge in [0.2, 0.25) is 0 Å². The molecular weight excluding hydrogens is 237 g/mol. The second-order valence-corrected chi connectivity index (χ2v) is 4.02. The van der Waals surface area contributed by atoms with E-state index in [2.05, 4.69) is 4.18 Å². The summed E-state index contributed by atoms with van der Waals surface area (Å²) in [5.74, 6) is -1.00. The summed E-state index contributed by atoms with van der Waals surface area (Å²) in [7, 11) is -5.68. The number of phenols is 1. The minimum absolute atomic E-state index is 0.398. The number of aromatic hydroxyl groups is 1. The van der Waals surface area contributed by atoms with Crippen molar-refractivity contribution in [2.45, 2.75) is 5.51 Å². The van der Waals surface area contributed by atoms with E-state index in [1.54, 1.807) is 0 Å². The standard InChI is InChI=1S/C7H5F3O4S/c8-7(9,10)15(12,13)14-6-3-1-2-5(11)4-6/h1-4,11H. The van der Waals surface area contributed by atoms with Gasteiger partial charge in [0.15, 0.2) is 0 Å². The van der Waals surface area contributed by atoms with E-state index < -0.39 is 27.1 Å². The first kappa shape index (κ1) is 11.6. The lowest BCUT2D eigenvalue weighted by atomic mass is 10.3. The van der Waals surface area contributed by atoms with Crippen LogP contribution in [0.5, 0.6) is 11.5 Å². The molecule has 0 saturated heterocycles. The quantitative estimate of drug-likeness (QED) is 0.632. The molecule has 0 aliphatic rings. The van der Waals surface area contributed by atoms with Crippen LogP contribution in [0.2, 0.25) is 0 Å². The lowest BCUT2D eigenvalue weighted by Crippen LogP contribution is -2.27. The van der Waals surface area contributed by atoms with Crippen LogP contribution in [0, 0.1) is 0 Å². The molecule has 1 aromatic carbocycles. The van der Waals surface area contributed by atoms with E-state index in [1.165, 1.54) is 0 Å². The molecule has 0 atom stereocenters. The van der Waals surface area contributed by atoms with Gasteiger partial charge in [0.1, 0.15) is 11.5 Å². The van der Waals surface area contributed by atoms with Gasteiger partial charge in [-0.25, -0.2) is 0 Å². The maximum atomic E-state index is 11.8. The number of hydrogen-bond acceptors (Lipinski definition) is 4. The maximum absolute atomic E-state index is 11.8. The van der Waals surface area contributed by atoms with Crippen LogP contribution in [0.4, 0.5) is 13.2 Å². The highest BCUT2D eigenvalue weighted by atomic mass is 32.2. The van der Waals surface area contributed by atoms with Crippen molar-refractivity contribution in [3.8, 4) is 11.5 Å². The Morgan fingerprint density at radius 2 is 1.87 bits per heavy atom. The zero-order valence-corrected chi connectivity index (χ0v) is 7.84. The van der Waals surface area contributed by atoms with Crippen LogP contribution >= 0.6 is 0 Å². The van der Waals surface area contributed by atoms with Gasteiger partial charge < -0.3 is 9.29 Å². The summed E-state index contributed by atoms with van der Waals surface area (Å²) in [5, 5.41) is 8.86. The molecule has 0 heterocycles. The average Bonchev–Trinajstić information content (AvgIpc) is 2.00. The Morgan fingerprint density at radius 3 is 2.33 bits per heavy atom. The number of rotatable bonds is 2. The molecule has 0 unspecified atom stereocenters. The number of alkyl halides is 3. The minimum atomic E-state index is -5.68. The third kappa shape index (κ3) is 2.75. The zero-order valence-electron chi connectivity index (χ0n) is 7.02. The molecule has 4 nitrogen and oxygen atoms in total. The van der Waals surface area contributed by atoms with Crippen molar-refractivity contribution >= 4 is 10.1 Å². The largest absolute Gasteiger partial charge is 0.534 e. The Labute approximate surface area is 83.0 Å². The predicted molar refractivity (Wildman–Crippen MR) is 43.7 cm³/mol. The van der Waals surface area contributed by atoms with E-state index in [1.807, 2.05) is 0 Å². The molecule has 0 spiro atoms. The third-order valence-electron chi connectivity index (χ3n) is 1.31. The summed E-state index contributed by atoms with van der Waals surface area (Å²) in [4.78, 5) is 0. The van der Waals surface area contributed by atoms with Gasteiger partial charge in [-0.05, 0) is 12.1 Å². The van der Waals surface area contributed by atoms with Crippen LogP contribution in [-0.2, 0) is 10.1 Å². The van der Waals surface area contributed by atoms with Crippen molar-refractivity contribution in [3.63, 3.8) is 0 Å². The Kier molecular flexibility index (Phi) is 2.80. The summed E-state index contributed by atoms with van der Waals surface area (Å²) >= 11 is 0. The second kappa shape index (κ2) is 3.61. The van der Waals surface area contributed by atoms with Crippen LogP contribution < -0.4 is 4.18 Å². The second-order valence-electron chi connectivity index (χ2n) is 2.48. The van der Waals surface area contributed by atoms with E-state index in [0.717, 1.165) is 24.3 Å². The van der Waals surface area contributed by atoms with Crippen LogP contribution in [0.1, 0.15) is 0 Å². The van der Waals surface area contributed by atoms with Crippen molar-refractivity contribution in [2.75, 3.05) is 0 Å². The highest BCUT2D eigenvalue weighted by molar-refractivity contribution is 7.87. The fourth-order valence-corrected chi connectivity index (χ4v) is 1.16. The lowest BCUT2D eigenvalue weighted by molar-refractivity contribution is -0.0500. The zero-order chi connectivity index (χ0) is 11.7. The van der Waals surface area contributed by atoms with Crippen molar-refractivity contribution in [1.82, 2.24) is 0 Å². The molecule has 0 radical (unpaired) electrons. The Bertz CT molecular complexity index is 452. The van der Waals surface area contributed by atoms with Crippen LogP contribution in [-0.4, -0.2) is 19.0 Å². The average molecular weight is 242 g/mol. The smallest absolute Gasteiger partial charge is 0.508 e. The molecule has 0 bridgehead atoms. The molecule has 0 amide bonds. The normalized spacial score (nSPS) is 12.5. The number of phenolic OH excluding ortho intramolecular Hbond substituents is 1. The Balaban J connectivity index is 2.98. The number of benzene rings is 1. The molecule has 1 aromatic rings. The summed E-state index contributed by atoms with van der Waals surface area (Å²) in [6.45, 7) is 0. The summed E-state index contributed by atoms with van der Waals surface area (Å²) in [6.07, 6.45) is 0. The Hall–Kier alpha value is -1.44. The molecule has 0 saturated carbocycles. The summed E-state index contributed by atoms with van der Waals surface area (Å²) < 4.78 is 60.3. The fraction of sp³-hybridized carbons (Fsp3) is 0.143. The fourth-order valence-electron chi connectivity index (χ4n) is 0.709. The monoisotopic (exact) mass is 242 g/mol. The predicted octanol–water partition coefficient (Wildman–Crippen LogP) is 1.62. The van der Waals surface area contributed by atoms with Gasteiger partial charge in [-0.1, -0.05) is 6.07 Å². The van der Waals surface area contributed by atoms with Gasteiger partial charge in [0, 0.05) is 6.07 Å². The van der Waals surface area contributed by atoms with Crippen molar-refractivity contribution < 1.29 is 30.9 Å². The molecule has 8 heteroatoms. The Morgan fingerprint density at radius 1 is 1.27 bits per heavy atom. The van der Waals surface area contributed by atoms with Gasteiger partial charge in [-0.3, -0.25) is 0 Å². The van der Waals surface area contributed by atoms with Gasteiger partial charge in [0.05, 0.1) is 0 Å². The van der Waals surface area contributed by atoms with Gasteiger partial charge in [0.25, 0.3) is 0 Å². The van der Waals surface area contributed by atoms with Crippen LogP contribution in [0.3, 0.4) is 0 Å². The minimum Gasteiger partial charge on any atom is -0.508 e. The summed E-state index contributed by atoms with van der Waals surface area (Å²) in [5.41, 5.74) is -5.49. The molecule has 0 aliphatic heterocycles. The van der Waals surface area contributed by atoms with Crippen molar-refractivity contribution in [1.29, 1.82) is 0 Å². The SMILES string of the molecule is O=S(=O)(Oc1cccc(O)c1)C(F)(F)F. The number of halogens is 3. The molecule has 1 rings (SSSR count). The van der Waals surface area contributed by atoms with Crippen LogP contribution in [0.15, 0.2) is 24.3 Å². The number of hydrogen-bond donors (Lipinski definition) is 1. The van der Waals surface area contributed by atoms with Gasteiger partial charge >= 0.3 is 15.6 Å². The topological polar surface area (TPSA) is 63.6 Å². The maximum Gasteiger partial charge on any atom is 0.534 e. The molecule has 0 fully saturated rings. The first-order chi connectivity index (χ1) is 6.72. The summed E-state index contributed by atoms with van der Waals surface area (Å²) in [6, 6.07) is 4.04. The highest BCUT2D eigenvalue weighted by Crippen LogP contribution is 2.28. The highest BCUT2D eigenvalue weighted by Gasteiger charge is 2.48. The molecule has 0 aromatic heterocycles. The van der Waals surface area contributed by atoms with E-state index in [9.17, 15) is 21.6 Å². The van der Waals surface area contributed by atoms with E-state index in [4.69, 9.17) is 5.11 Å². The molecule has 15 heavy (non-hydrogen) atoms. The third-order valence-corrected chi connectivity index (χ3v) is 2.29. The first-order valence-electron chi connectivity index (χ1n) is 3.52. The molecular formula is C7H5F3O4S. The molecule has 1 N–H and O–H groups in total. The molecule has 84 valence electrons. The lowest BCUT2D eigenvalue weighted by Gasteiger charge is -2.08. The van der Waals surface area contributed by atoms with Crippen molar-refractivity contribution in [3.05, 3.63) is 24.3 Å². The van der Waals surface area contributed by atoms with Gasteiger partial charge in [-0.15, -0.1) is 0 Å². The van der Waals surface area contributed by atoms with Crippen molar-refractivity contribution in [2.24, 2.45) is 0 Å². The molecule has 0 aliphatic carbocycles. The first-order valence-corrected chi connectivity index (χ1v) is 4.93.